The van der Waals surface area contributed by atoms with Crippen LogP contribution in [0.4, 0.5) is 0 Å². The van der Waals surface area contributed by atoms with Gasteiger partial charge in [-0.15, -0.1) is 0 Å². The van der Waals surface area contributed by atoms with Gasteiger partial charge in [0.25, 0.3) is 0 Å². The molecule has 1 aromatic heterocycles. The molecule has 0 aliphatic heterocycles. The average molecular weight is 284 g/mol. The van der Waals surface area contributed by atoms with Crippen LogP contribution in [0.5, 0.6) is 0 Å². The fourth-order valence-electron chi connectivity index (χ4n) is 2.59. The normalized spacial score (nSPS) is 11.3. The third-order valence-electron chi connectivity index (χ3n) is 3.64. The second kappa shape index (κ2) is 5.68. The maximum absolute atomic E-state index is 12.1. The van der Waals surface area contributed by atoms with Gasteiger partial charge in [0.15, 0.2) is 0 Å². The molecule has 0 aliphatic rings. The van der Waals surface area contributed by atoms with Gasteiger partial charge in [0.05, 0.1) is 5.39 Å². The molecule has 0 saturated heterocycles. The van der Waals surface area contributed by atoms with Gasteiger partial charge in [0.1, 0.15) is 5.58 Å². The molecule has 0 amide bonds. The molecule has 3 rings (SSSR count). The maximum Gasteiger partial charge on any atom is 0.344 e. The maximum atomic E-state index is 12.1. The van der Waals surface area contributed by atoms with Crippen molar-refractivity contribution in [2.75, 3.05) is 13.2 Å². The summed E-state index contributed by atoms with van der Waals surface area (Å²) in [5, 5.41) is 20.2. The quantitative estimate of drug-likeness (QED) is 0.568. The van der Waals surface area contributed by atoms with E-state index in [1.54, 1.807) is 12.1 Å². The molecule has 3 aromatic rings. The average Bonchev–Trinajstić information content (AvgIpc) is 2.48. The van der Waals surface area contributed by atoms with Crippen molar-refractivity contribution in [1.29, 1.82) is 0 Å². The molecule has 0 atom stereocenters. The molecule has 21 heavy (non-hydrogen) atoms. The number of fused-ring (bicyclic) bond motifs is 3. The Morgan fingerprint density at radius 1 is 0.810 bits per heavy atom. The summed E-state index contributed by atoms with van der Waals surface area (Å²) in [7, 11) is 0. The molecule has 0 unspecified atom stereocenters. The Morgan fingerprint density at radius 2 is 1.43 bits per heavy atom. The predicted octanol–water partition coefficient (Wildman–Crippen LogP) is 2.02. The highest BCUT2D eigenvalue weighted by atomic mass is 16.4. The lowest BCUT2D eigenvalue weighted by molar-refractivity contribution is 0.299. The van der Waals surface area contributed by atoms with Crippen molar-refractivity contribution in [3.8, 4) is 0 Å². The van der Waals surface area contributed by atoms with Crippen LogP contribution >= 0.6 is 0 Å². The monoisotopic (exact) mass is 284 g/mol. The molecule has 0 spiro atoms. The molecular formula is C17H16O4. The summed E-state index contributed by atoms with van der Waals surface area (Å²) in [6, 6.07) is 11.2. The molecule has 0 saturated carbocycles. The van der Waals surface area contributed by atoms with E-state index in [-0.39, 0.29) is 18.8 Å². The van der Waals surface area contributed by atoms with Crippen LogP contribution in [-0.4, -0.2) is 23.4 Å². The summed E-state index contributed by atoms with van der Waals surface area (Å²) in [4.78, 5) is 12.1. The van der Waals surface area contributed by atoms with Crippen molar-refractivity contribution in [3.05, 3.63) is 57.9 Å². The first-order chi connectivity index (χ1) is 10.2. The molecule has 2 aromatic carbocycles. The topological polar surface area (TPSA) is 70.7 Å². The van der Waals surface area contributed by atoms with E-state index in [9.17, 15) is 4.79 Å². The molecule has 4 heteroatoms. The highest BCUT2D eigenvalue weighted by Crippen LogP contribution is 2.24. The number of rotatable bonds is 4. The molecule has 0 radical (unpaired) electrons. The van der Waals surface area contributed by atoms with E-state index in [0.29, 0.717) is 23.8 Å². The summed E-state index contributed by atoms with van der Waals surface area (Å²) >= 11 is 0. The van der Waals surface area contributed by atoms with Crippen molar-refractivity contribution in [2.45, 2.75) is 12.8 Å². The molecule has 0 bridgehead atoms. The molecule has 0 aliphatic carbocycles. The molecule has 4 nitrogen and oxygen atoms in total. The number of hydrogen-bond donors (Lipinski definition) is 2. The van der Waals surface area contributed by atoms with E-state index < -0.39 is 0 Å². The SMILES string of the molecule is O=c1oc2cc(CCO)ccc2c2ccc(CCO)cc12. The van der Waals surface area contributed by atoms with Crippen molar-refractivity contribution >= 4 is 21.7 Å². The Hall–Kier alpha value is -2.17. The van der Waals surface area contributed by atoms with E-state index in [4.69, 9.17) is 14.6 Å². The smallest absolute Gasteiger partial charge is 0.344 e. The number of aliphatic hydroxyl groups is 2. The second-order valence-electron chi connectivity index (χ2n) is 5.05. The fourth-order valence-corrected chi connectivity index (χ4v) is 2.59. The first-order valence-corrected chi connectivity index (χ1v) is 6.93. The van der Waals surface area contributed by atoms with Crippen molar-refractivity contribution < 1.29 is 14.6 Å². The lowest BCUT2D eigenvalue weighted by atomic mass is 10.0. The van der Waals surface area contributed by atoms with Gasteiger partial charge in [-0.1, -0.05) is 24.3 Å². The Labute approximate surface area is 121 Å². The molecule has 108 valence electrons. The van der Waals surface area contributed by atoms with Gasteiger partial charge >= 0.3 is 5.63 Å². The third kappa shape index (κ3) is 2.55. The van der Waals surface area contributed by atoms with Gasteiger partial charge in [-0.3, -0.25) is 0 Å². The zero-order valence-electron chi connectivity index (χ0n) is 11.5. The van der Waals surface area contributed by atoms with Gasteiger partial charge in [0, 0.05) is 18.6 Å². The van der Waals surface area contributed by atoms with Crippen LogP contribution in [0.3, 0.4) is 0 Å². The molecule has 2 N–H and O–H groups in total. The Morgan fingerprint density at radius 3 is 2.10 bits per heavy atom. The minimum Gasteiger partial charge on any atom is -0.422 e. The number of hydrogen-bond acceptors (Lipinski definition) is 4. The molecule has 0 fully saturated rings. The van der Waals surface area contributed by atoms with Crippen LogP contribution in [0.2, 0.25) is 0 Å². The van der Waals surface area contributed by atoms with Crippen molar-refractivity contribution in [3.63, 3.8) is 0 Å². The number of aliphatic hydroxyl groups excluding tert-OH is 2. The van der Waals surface area contributed by atoms with E-state index in [2.05, 4.69) is 0 Å². The lowest BCUT2D eigenvalue weighted by Gasteiger charge is -2.06. The standard InChI is InChI=1S/C17H16O4/c18-7-5-11-1-3-13-14-4-2-12(6-8-19)10-16(14)21-17(20)15(13)9-11/h1-4,9-10,18-19H,5-8H2. The highest BCUT2D eigenvalue weighted by Gasteiger charge is 2.09. The van der Waals surface area contributed by atoms with Gasteiger partial charge in [-0.25, -0.2) is 4.79 Å². The summed E-state index contributed by atoms with van der Waals surface area (Å²) in [6.45, 7) is 0.114. The predicted molar refractivity (Wildman–Crippen MR) is 81.6 cm³/mol. The summed E-state index contributed by atoms with van der Waals surface area (Å²) in [6.07, 6.45) is 1.05. The van der Waals surface area contributed by atoms with Gasteiger partial charge in [-0.05, 0) is 41.5 Å². The lowest BCUT2D eigenvalue weighted by Crippen LogP contribution is -2.02. The third-order valence-corrected chi connectivity index (χ3v) is 3.64. The first kappa shape index (κ1) is 13.8. The summed E-state index contributed by atoms with van der Waals surface area (Å²) in [5.74, 6) is 0. The van der Waals surface area contributed by atoms with Gasteiger partial charge < -0.3 is 14.6 Å². The fraction of sp³-hybridized carbons (Fsp3) is 0.235. The largest absolute Gasteiger partial charge is 0.422 e. The summed E-state index contributed by atoms with van der Waals surface area (Å²) < 4.78 is 5.40. The Kier molecular flexibility index (Phi) is 3.73. The second-order valence-corrected chi connectivity index (χ2v) is 5.05. The molecule has 1 heterocycles. The van der Waals surface area contributed by atoms with E-state index in [0.717, 1.165) is 21.9 Å². The van der Waals surface area contributed by atoms with Crippen molar-refractivity contribution in [2.24, 2.45) is 0 Å². The van der Waals surface area contributed by atoms with E-state index in [1.807, 2.05) is 24.3 Å². The van der Waals surface area contributed by atoms with Crippen LogP contribution < -0.4 is 5.63 Å². The summed E-state index contributed by atoms with van der Waals surface area (Å²) in [5.41, 5.74) is 2.00. The number of benzene rings is 2. The minimum atomic E-state index is -0.376. The van der Waals surface area contributed by atoms with E-state index in [1.165, 1.54) is 0 Å². The van der Waals surface area contributed by atoms with Gasteiger partial charge in [-0.2, -0.15) is 0 Å². The van der Waals surface area contributed by atoms with Crippen LogP contribution in [0.1, 0.15) is 11.1 Å². The zero-order valence-corrected chi connectivity index (χ0v) is 11.5. The first-order valence-electron chi connectivity index (χ1n) is 6.93. The van der Waals surface area contributed by atoms with Crippen LogP contribution in [0, 0.1) is 0 Å². The van der Waals surface area contributed by atoms with Gasteiger partial charge in [0.2, 0.25) is 0 Å². The van der Waals surface area contributed by atoms with Crippen LogP contribution in [0.25, 0.3) is 21.7 Å². The minimum absolute atomic E-state index is 0.0505. The van der Waals surface area contributed by atoms with Crippen LogP contribution in [0.15, 0.2) is 45.6 Å². The van der Waals surface area contributed by atoms with Crippen LogP contribution in [-0.2, 0) is 12.8 Å². The Bertz CT molecular complexity index is 848. The van der Waals surface area contributed by atoms with E-state index >= 15 is 0 Å². The molecular weight excluding hydrogens is 268 g/mol. The highest BCUT2D eigenvalue weighted by molar-refractivity contribution is 6.04. The zero-order chi connectivity index (χ0) is 14.8. The van der Waals surface area contributed by atoms with Crippen molar-refractivity contribution in [1.82, 2.24) is 0 Å². The Balaban J connectivity index is 2.25.